The Hall–Kier alpha value is -2.83. The van der Waals surface area contributed by atoms with Crippen LogP contribution in [0.15, 0.2) is 34.9 Å². The normalized spacial score (nSPS) is 10.0. The minimum absolute atomic E-state index is 0.110. The molecule has 0 fully saturated rings. The molecule has 0 bridgehead atoms. The molecule has 0 unspecified atom stereocenters. The van der Waals surface area contributed by atoms with Crippen LogP contribution in [-0.4, -0.2) is 33.8 Å². The summed E-state index contributed by atoms with van der Waals surface area (Å²) in [6.07, 6.45) is 1.57. The van der Waals surface area contributed by atoms with Crippen LogP contribution >= 0.6 is 0 Å². The number of benzene rings is 1. The van der Waals surface area contributed by atoms with Gasteiger partial charge in [0.25, 0.3) is 0 Å². The van der Waals surface area contributed by atoms with Crippen LogP contribution in [0.5, 0.6) is 17.2 Å². The van der Waals surface area contributed by atoms with E-state index in [1.54, 1.807) is 30.5 Å². The third-order valence-corrected chi connectivity index (χ3v) is 3.16. The quantitative estimate of drug-likeness (QED) is 0.774. The SMILES string of the molecule is COc1cc(NCC(=O)NCc2ccco2)cc(OC)c1OC. The van der Waals surface area contributed by atoms with E-state index in [2.05, 4.69) is 10.6 Å². The summed E-state index contributed by atoms with van der Waals surface area (Å²) < 4.78 is 20.9. The first-order valence-corrected chi connectivity index (χ1v) is 7.01. The van der Waals surface area contributed by atoms with Crippen molar-refractivity contribution < 1.29 is 23.4 Å². The van der Waals surface area contributed by atoms with Crippen molar-refractivity contribution in [3.05, 3.63) is 36.3 Å². The Morgan fingerprint density at radius 2 is 1.83 bits per heavy atom. The lowest BCUT2D eigenvalue weighted by Crippen LogP contribution is -2.29. The number of amides is 1. The van der Waals surface area contributed by atoms with Crippen molar-refractivity contribution in [3.8, 4) is 17.2 Å². The fourth-order valence-corrected chi connectivity index (χ4v) is 2.03. The highest BCUT2D eigenvalue weighted by atomic mass is 16.5. The highest BCUT2D eigenvalue weighted by molar-refractivity contribution is 5.81. The molecule has 1 amide bonds. The third kappa shape index (κ3) is 4.32. The number of furan rings is 1. The van der Waals surface area contributed by atoms with Gasteiger partial charge >= 0.3 is 0 Å². The number of methoxy groups -OCH3 is 3. The van der Waals surface area contributed by atoms with Gasteiger partial charge in [0.15, 0.2) is 11.5 Å². The van der Waals surface area contributed by atoms with Gasteiger partial charge in [0.05, 0.1) is 40.7 Å². The van der Waals surface area contributed by atoms with Crippen LogP contribution < -0.4 is 24.8 Å². The molecule has 2 N–H and O–H groups in total. The number of carbonyl (C=O) groups excluding carboxylic acids is 1. The lowest BCUT2D eigenvalue weighted by molar-refractivity contribution is -0.119. The molecule has 0 atom stereocenters. The van der Waals surface area contributed by atoms with Crippen LogP contribution in [0.25, 0.3) is 0 Å². The van der Waals surface area contributed by atoms with Crippen molar-refractivity contribution >= 4 is 11.6 Å². The molecule has 1 aromatic heterocycles. The lowest BCUT2D eigenvalue weighted by atomic mass is 10.2. The highest BCUT2D eigenvalue weighted by Gasteiger charge is 2.13. The number of hydrogen-bond acceptors (Lipinski definition) is 6. The summed E-state index contributed by atoms with van der Waals surface area (Å²) in [5.41, 5.74) is 0.688. The van der Waals surface area contributed by atoms with Gasteiger partial charge < -0.3 is 29.3 Å². The molecule has 0 saturated carbocycles. The number of hydrogen-bond donors (Lipinski definition) is 2. The maximum absolute atomic E-state index is 11.8. The Morgan fingerprint density at radius 3 is 2.35 bits per heavy atom. The van der Waals surface area contributed by atoms with Crippen LogP contribution in [0, 0.1) is 0 Å². The van der Waals surface area contributed by atoms with Gasteiger partial charge in [-0.05, 0) is 12.1 Å². The maximum Gasteiger partial charge on any atom is 0.239 e. The first-order chi connectivity index (χ1) is 11.2. The second-order valence-corrected chi connectivity index (χ2v) is 4.62. The first kappa shape index (κ1) is 16.5. The Morgan fingerprint density at radius 1 is 1.13 bits per heavy atom. The van der Waals surface area contributed by atoms with Gasteiger partial charge in [-0.3, -0.25) is 4.79 Å². The van der Waals surface area contributed by atoms with Crippen molar-refractivity contribution in [2.75, 3.05) is 33.2 Å². The van der Waals surface area contributed by atoms with Crippen molar-refractivity contribution in [2.45, 2.75) is 6.54 Å². The Kier molecular flexibility index (Phi) is 5.74. The van der Waals surface area contributed by atoms with Gasteiger partial charge in [0.1, 0.15) is 5.76 Å². The fraction of sp³-hybridized carbons (Fsp3) is 0.312. The summed E-state index contributed by atoms with van der Waals surface area (Å²) in [7, 11) is 4.61. The molecule has 0 radical (unpaired) electrons. The molecule has 124 valence electrons. The second kappa shape index (κ2) is 7.98. The van der Waals surface area contributed by atoms with Gasteiger partial charge in [-0.25, -0.2) is 0 Å². The first-order valence-electron chi connectivity index (χ1n) is 7.01. The molecule has 0 aliphatic rings. The molecular formula is C16H20N2O5. The van der Waals surface area contributed by atoms with E-state index >= 15 is 0 Å². The summed E-state index contributed by atoms with van der Waals surface area (Å²) >= 11 is 0. The van der Waals surface area contributed by atoms with Gasteiger partial charge in [0.2, 0.25) is 11.7 Å². The topological polar surface area (TPSA) is 82.0 Å². The number of rotatable bonds is 8. The highest BCUT2D eigenvalue weighted by Crippen LogP contribution is 2.39. The Labute approximate surface area is 134 Å². The zero-order valence-corrected chi connectivity index (χ0v) is 13.3. The maximum atomic E-state index is 11.8. The van der Waals surface area contributed by atoms with Gasteiger partial charge in [-0.1, -0.05) is 0 Å². The van der Waals surface area contributed by atoms with Crippen LogP contribution in [-0.2, 0) is 11.3 Å². The monoisotopic (exact) mass is 320 g/mol. The van der Waals surface area contributed by atoms with E-state index < -0.39 is 0 Å². The van der Waals surface area contributed by atoms with Crippen LogP contribution in [0.3, 0.4) is 0 Å². The zero-order chi connectivity index (χ0) is 16.7. The lowest BCUT2D eigenvalue weighted by Gasteiger charge is -2.15. The van der Waals surface area contributed by atoms with Crippen LogP contribution in [0.2, 0.25) is 0 Å². The summed E-state index contributed by atoms with van der Waals surface area (Å²) in [5, 5.41) is 5.77. The van der Waals surface area contributed by atoms with E-state index in [1.807, 2.05) is 0 Å². The molecule has 1 aromatic carbocycles. The summed E-state index contributed by atoms with van der Waals surface area (Å²) in [5.74, 6) is 2.08. The van der Waals surface area contributed by atoms with Crippen molar-refractivity contribution in [1.29, 1.82) is 0 Å². The van der Waals surface area contributed by atoms with E-state index in [0.29, 0.717) is 35.2 Å². The third-order valence-electron chi connectivity index (χ3n) is 3.16. The molecule has 23 heavy (non-hydrogen) atoms. The summed E-state index contributed by atoms with van der Waals surface area (Å²) in [6, 6.07) is 7.05. The minimum Gasteiger partial charge on any atom is -0.493 e. The number of ether oxygens (including phenoxy) is 3. The standard InChI is InChI=1S/C16H20N2O5/c1-20-13-7-11(8-14(21-2)16(13)22-3)17-10-15(19)18-9-12-5-4-6-23-12/h4-8,17H,9-10H2,1-3H3,(H,18,19). The molecular weight excluding hydrogens is 300 g/mol. The molecule has 0 saturated heterocycles. The van der Waals surface area contributed by atoms with Gasteiger partial charge in [-0.2, -0.15) is 0 Å². The van der Waals surface area contributed by atoms with E-state index in [9.17, 15) is 4.79 Å². The molecule has 0 spiro atoms. The van der Waals surface area contributed by atoms with Crippen LogP contribution in [0.1, 0.15) is 5.76 Å². The predicted octanol–water partition coefficient (Wildman–Crippen LogP) is 2.03. The molecule has 2 aromatic rings. The smallest absolute Gasteiger partial charge is 0.239 e. The van der Waals surface area contributed by atoms with E-state index in [0.717, 1.165) is 0 Å². The summed E-state index contributed by atoms with van der Waals surface area (Å²) in [6.45, 7) is 0.460. The predicted molar refractivity (Wildman–Crippen MR) is 85.1 cm³/mol. The fourth-order valence-electron chi connectivity index (χ4n) is 2.03. The average molecular weight is 320 g/mol. The van der Waals surface area contributed by atoms with Crippen molar-refractivity contribution in [3.63, 3.8) is 0 Å². The number of carbonyl (C=O) groups is 1. The summed E-state index contributed by atoms with van der Waals surface area (Å²) in [4.78, 5) is 11.8. The molecule has 7 nitrogen and oxygen atoms in total. The van der Waals surface area contributed by atoms with Crippen LogP contribution in [0.4, 0.5) is 5.69 Å². The van der Waals surface area contributed by atoms with Gasteiger partial charge in [0, 0.05) is 17.8 Å². The molecule has 7 heteroatoms. The van der Waals surface area contributed by atoms with Crippen molar-refractivity contribution in [2.24, 2.45) is 0 Å². The Bertz CT molecular complexity index is 615. The number of nitrogens with one attached hydrogen (secondary N) is 2. The Balaban J connectivity index is 1.95. The second-order valence-electron chi connectivity index (χ2n) is 4.62. The molecule has 2 rings (SSSR count). The number of anilines is 1. The van der Waals surface area contributed by atoms with E-state index in [4.69, 9.17) is 18.6 Å². The van der Waals surface area contributed by atoms with Gasteiger partial charge in [-0.15, -0.1) is 0 Å². The average Bonchev–Trinajstić information content (AvgIpc) is 3.10. The molecule has 1 heterocycles. The minimum atomic E-state index is -0.157. The van der Waals surface area contributed by atoms with Crippen molar-refractivity contribution in [1.82, 2.24) is 5.32 Å². The molecule has 0 aliphatic heterocycles. The largest absolute Gasteiger partial charge is 0.493 e. The molecule has 0 aliphatic carbocycles. The van der Waals surface area contributed by atoms with E-state index in [1.165, 1.54) is 21.3 Å². The van der Waals surface area contributed by atoms with E-state index in [-0.39, 0.29) is 12.5 Å². The zero-order valence-electron chi connectivity index (χ0n) is 13.3.